The van der Waals surface area contributed by atoms with E-state index >= 15 is 0 Å². The monoisotopic (exact) mass is 878 g/mol. The first-order chi connectivity index (χ1) is 34.2. The van der Waals surface area contributed by atoms with Crippen molar-refractivity contribution in [1.82, 2.24) is 19.5 Å². The molecule has 69 heavy (non-hydrogen) atoms. The summed E-state index contributed by atoms with van der Waals surface area (Å²) in [6.07, 6.45) is 0. The Morgan fingerprint density at radius 2 is 0.855 bits per heavy atom. The Labute approximate surface area is 397 Å². The van der Waals surface area contributed by atoms with E-state index in [2.05, 4.69) is 205 Å². The molecule has 3 heterocycles. The highest BCUT2D eigenvalue weighted by atomic mass is 16.3. The third-order valence-corrected chi connectivity index (χ3v) is 14.7. The molecule has 0 N–H and O–H groups in total. The van der Waals surface area contributed by atoms with Gasteiger partial charge in [0.25, 0.3) is 0 Å². The molecule has 2 aliphatic carbocycles. The predicted octanol–water partition coefficient (Wildman–Crippen LogP) is 15.9. The number of benzene rings is 10. The Balaban J connectivity index is 0.898. The molecule has 0 amide bonds. The number of fused-ring (bicyclic) bond motifs is 16. The van der Waals surface area contributed by atoms with Gasteiger partial charge in [-0.05, 0) is 104 Å². The lowest BCUT2D eigenvalue weighted by Crippen LogP contribution is -2.25. The van der Waals surface area contributed by atoms with Gasteiger partial charge in [-0.25, -0.2) is 15.0 Å². The number of hydrogen-bond acceptors (Lipinski definition) is 4. The molecular weight excluding hydrogens is 841 g/mol. The molecule has 320 valence electrons. The van der Waals surface area contributed by atoms with Crippen molar-refractivity contribution >= 4 is 43.7 Å². The van der Waals surface area contributed by atoms with Gasteiger partial charge < -0.3 is 8.98 Å². The third kappa shape index (κ3) is 5.32. The lowest BCUT2D eigenvalue weighted by atomic mass is 9.70. The number of para-hydroxylation sites is 2. The Morgan fingerprint density at radius 3 is 1.62 bits per heavy atom. The van der Waals surface area contributed by atoms with Crippen molar-refractivity contribution < 1.29 is 4.42 Å². The topological polar surface area (TPSA) is 56.7 Å². The molecule has 13 aromatic rings. The van der Waals surface area contributed by atoms with Gasteiger partial charge in [-0.15, -0.1) is 0 Å². The van der Waals surface area contributed by atoms with Crippen LogP contribution in [0.5, 0.6) is 0 Å². The summed E-state index contributed by atoms with van der Waals surface area (Å²) < 4.78 is 8.69. The average Bonchev–Trinajstić information content (AvgIpc) is 4.15. The first-order valence-corrected chi connectivity index (χ1v) is 23.5. The molecule has 10 aromatic carbocycles. The molecule has 0 atom stereocenters. The van der Waals surface area contributed by atoms with E-state index in [4.69, 9.17) is 19.4 Å². The summed E-state index contributed by atoms with van der Waals surface area (Å²) in [5.41, 5.74) is 19.8. The molecule has 2 aliphatic rings. The van der Waals surface area contributed by atoms with Crippen LogP contribution in [0.15, 0.2) is 235 Å². The molecule has 0 saturated heterocycles. The lowest BCUT2D eigenvalue weighted by Gasteiger charge is -2.30. The SMILES string of the molecule is c1ccc(-c2nc(-c3ccc(-n4c5ccccc5c5ccc(-c6cccc7oc8ccccc8c67)cc54)cc3)nc(-c3cccc4c3-c3ccccc3C43c4ccccc4-c4ccccc43)n2)cc1. The van der Waals surface area contributed by atoms with Crippen molar-refractivity contribution in [3.8, 4) is 73.2 Å². The number of rotatable bonds is 5. The zero-order chi connectivity index (χ0) is 45.2. The molecule has 0 fully saturated rings. The minimum Gasteiger partial charge on any atom is -0.456 e. The van der Waals surface area contributed by atoms with E-state index in [1.165, 1.54) is 49.7 Å². The fourth-order valence-electron chi connectivity index (χ4n) is 11.9. The minimum absolute atomic E-state index is 0.475. The van der Waals surface area contributed by atoms with E-state index in [1.807, 2.05) is 30.3 Å². The number of hydrogen-bond donors (Lipinski definition) is 0. The molecule has 0 radical (unpaired) electrons. The van der Waals surface area contributed by atoms with Crippen molar-refractivity contribution in [1.29, 1.82) is 0 Å². The second kappa shape index (κ2) is 14.4. The van der Waals surface area contributed by atoms with Gasteiger partial charge in [-0.3, -0.25) is 0 Å². The largest absolute Gasteiger partial charge is 0.456 e. The van der Waals surface area contributed by atoms with Crippen molar-refractivity contribution in [3.63, 3.8) is 0 Å². The summed E-state index contributed by atoms with van der Waals surface area (Å²) in [4.78, 5) is 15.9. The van der Waals surface area contributed by atoms with Crippen molar-refractivity contribution in [2.75, 3.05) is 0 Å². The highest BCUT2D eigenvalue weighted by molar-refractivity contribution is 6.15. The van der Waals surface area contributed by atoms with Crippen molar-refractivity contribution in [2.45, 2.75) is 5.41 Å². The van der Waals surface area contributed by atoms with Crippen LogP contribution in [0.2, 0.25) is 0 Å². The van der Waals surface area contributed by atoms with E-state index in [9.17, 15) is 0 Å². The summed E-state index contributed by atoms with van der Waals surface area (Å²) >= 11 is 0. The van der Waals surface area contributed by atoms with Gasteiger partial charge >= 0.3 is 0 Å². The Morgan fingerprint density at radius 1 is 0.333 bits per heavy atom. The summed E-state index contributed by atoms with van der Waals surface area (Å²) in [6, 6.07) is 82.5. The van der Waals surface area contributed by atoms with Gasteiger partial charge in [-0.2, -0.15) is 0 Å². The third-order valence-electron chi connectivity index (χ3n) is 14.7. The van der Waals surface area contributed by atoms with Crippen LogP contribution in [0.1, 0.15) is 22.3 Å². The normalized spacial score (nSPS) is 13.0. The second-order valence-corrected chi connectivity index (χ2v) is 18.2. The smallest absolute Gasteiger partial charge is 0.164 e. The number of nitrogens with zero attached hydrogens (tertiary/aromatic N) is 4. The first-order valence-electron chi connectivity index (χ1n) is 23.5. The second-order valence-electron chi connectivity index (χ2n) is 18.2. The molecule has 0 saturated carbocycles. The molecule has 5 nitrogen and oxygen atoms in total. The van der Waals surface area contributed by atoms with Crippen molar-refractivity contribution in [3.05, 3.63) is 253 Å². The standard InChI is InChI=1S/C64H38N4O/c1-2-16-39(17-3-1)61-65-62(67-63(66-61)50-24-14-28-54-59(50)48-21-6-11-27-53(48)64(54)51-25-9-4-18-44(51)45-19-5-10-26-52(45)64)40-32-35-42(36-33-40)68-55-29-12-7-20-46(55)47-37-34-41(38-56(47)68)43-23-15-31-58-60(43)49-22-8-13-30-57(49)69-58/h1-38H. The maximum atomic E-state index is 6.31. The molecule has 0 aliphatic heterocycles. The first kappa shape index (κ1) is 38.0. The van der Waals surface area contributed by atoms with Crippen LogP contribution in [0.3, 0.4) is 0 Å². The molecule has 0 bridgehead atoms. The fourth-order valence-corrected chi connectivity index (χ4v) is 11.9. The maximum absolute atomic E-state index is 6.31. The summed E-state index contributed by atoms with van der Waals surface area (Å²) in [5.74, 6) is 1.89. The number of furan rings is 1. The zero-order valence-electron chi connectivity index (χ0n) is 37.1. The highest BCUT2D eigenvalue weighted by Crippen LogP contribution is 2.63. The lowest BCUT2D eigenvalue weighted by molar-refractivity contribution is 0.669. The maximum Gasteiger partial charge on any atom is 0.164 e. The Kier molecular flexibility index (Phi) is 7.93. The van der Waals surface area contributed by atoms with Crippen LogP contribution in [-0.4, -0.2) is 19.5 Å². The highest BCUT2D eigenvalue weighted by Gasteiger charge is 2.52. The molecular formula is C64H38N4O. The Bertz CT molecular complexity index is 4210. The summed E-state index contributed by atoms with van der Waals surface area (Å²) in [5, 5.41) is 4.64. The van der Waals surface area contributed by atoms with E-state index in [1.54, 1.807) is 0 Å². The van der Waals surface area contributed by atoms with Crippen LogP contribution >= 0.6 is 0 Å². The van der Waals surface area contributed by atoms with E-state index in [0.717, 1.165) is 72.0 Å². The number of aromatic nitrogens is 4. The van der Waals surface area contributed by atoms with Crippen LogP contribution in [-0.2, 0) is 5.41 Å². The van der Waals surface area contributed by atoms with Crippen LogP contribution < -0.4 is 0 Å². The van der Waals surface area contributed by atoms with Crippen LogP contribution in [0.25, 0.3) is 117 Å². The predicted molar refractivity (Wildman–Crippen MR) is 279 cm³/mol. The quantitative estimate of drug-likeness (QED) is 0.173. The van der Waals surface area contributed by atoms with E-state index in [0.29, 0.717) is 17.5 Å². The summed E-state index contributed by atoms with van der Waals surface area (Å²) in [6.45, 7) is 0. The van der Waals surface area contributed by atoms with Gasteiger partial charge in [-0.1, -0.05) is 182 Å². The molecule has 3 aromatic heterocycles. The summed E-state index contributed by atoms with van der Waals surface area (Å²) in [7, 11) is 0. The zero-order valence-corrected chi connectivity index (χ0v) is 37.1. The van der Waals surface area contributed by atoms with E-state index < -0.39 is 5.41 Å². The molecule has 5 heteroatoms. The average molecular weight is 879 g/mol. The fraction of sp³-hybridized carbons (Fsp3) is 0.0156. The Hall–Kier alpha value is -9.19. The van der Waals surface area contributed by atoms with Gasteiger partial charge in [0.05, 0.1) is 16.4 Å². The molecule has 0 unspecified atom stereocenters. The van der Waals surface area contributed by atoms with Crippen molar-refractivity contribution in [2.24, 2.45) is 0 Å². The minimum atomic E-state index is -0.475. The molecule has 1 spiro atoms. The van der Waals surface area contributed by atoms with Gasteiger partial charge in [0.2, 0.25) is 0 Å². The van der Waals surface area contributed by atoms with Crippen LogP contribution in [0, 0.1) is 0 Å². The molecule has 15 rings (SSSR count). The van der Waals surface area contributed by atoms with Crippen LogP contribution in [0.4, 0.5) is 0 Å². The van der Waals surface area contributed by atoms with Gasteiger partial charge in [0, 0.05) is 43.9 Å². The van der Waals surface area contributed by atoms with E-state index in [-0.39, 0.29) is 0 Å². The van der Waals surface area contributed by atoms with Gasteiger partial charge in [0.1, 0.15) is 11.2 Å². The van der Waals surface area contributed by atoms with Gasteiger partial charge in [0.15, 0.2) is 17.5 Å².